The molecule has 2 heteroatoms. The lowest BCUT2D eigenvalue weighted by Crippen LogP contribution is -2.10. The minimum atomic E-state index is 0.712. The summed E-state index contributed by atoms with van der Waals surface area (Å²) < 4.78 is 11.0. The van der Waals surface area contributed by atoms with Gasteiger partial charge in [-0.25, -0.2) is 0 Å². The van der Waals surface area contributed by atoms with Gasteiger partial charge in [0.15, 0.2) is 0 Å². The Bertz CT molecular complexity index is 393. The van der Waals surface area contributed by atoms with E-state index in [4.69, 9.17) is 9.47 Å². The summed E-state index contributed by atoms with van der Waals surface area (Å²) in [5, 5.41) is 0. The van der Waals surface area contributed by atoms with E-state index in [2.05, 4.69) is 13.0 Å². The van der Waals surface area contributed by atoms with E-state index in [1.807, 2.05) is 18.2 Å². The van der Waals surface area contributed by atoms with Crippen molar-refractivity contribution >= 4 is 5.57 Å². The van der Waals surface area contributed by atoms with Crippen molar-refractivity contribution in [2.24, 2.45) is 0 Å². The van der Waals surface area contributed by atoms with Crippen LogP contribution in [0.4, 0.5) is 0 Å². The van der Waals surface area contributed by atoms with Crippen LogP contribution < -0.4 is 4.74 Å². The van der Waals surface area contributed by atoms with E-state index in [1.165, 1.54) is 16.7 Å². The lowest BCUT2D eigenvalue weighted by molar-refractivity contribution is 0.160. The molecule has 0 radical (unpaired) electrons. The summed E-state index contributed by atoms with van der Waals surface area (Å²) in [4.78, 5) is 0. The molecule has 0 saturated heterocycles. The molecule has 0 saturated carbocycles. The fourth-order valence-electron chi connectivity index (χ4n) is 2.17. The van der Waals surface area contributed by atoms with Gasteiger partial charge in [0.25, 0.3) is 0 Å². The monoisotopic (exact) mass is 218 g/mol. The third kappa shape index (κ3) is 2.12. The summed E-state index contributed by atoms with van der Waals surface area (Å²) in [5.41, 5.74) is 3.99. The number of benzene rings is 1. The highest BCUT2D eigenvalue weighted by Gasteiger charge is 2.16. The molecule has 0 bridgehead atoms. The van der Waals surface area contributed by atoms with Crippen molar-refractivity contribution < 1.29 is 9.47 Å². The molecule has 2 nitrogen and oxygen atoms in total. The standard InChI is InChI=1S/C14H18O2/c1-3-11-8-9-16-10-13(11)12-6-4-5-7-14(12)15-2/h4-7H,3,8-10H2,1-2H3. The Balaban J connectivity index is 2.45. The molecule has 1 aliphatic rings. The molecule has 2 rings (SSSR count). The van der Waals surface area contributed by atoms with Gasteiger partial charge in [-0.15, -0.1) is 0 Å². The molecule has 0 fully saturated rings. The Labute approximate surface area is 96.9 Å². The van der Waals surface area contributed by atoms with Gasteiger partial charge in [0.05, 0.1) is 20.3 Å². The van der Waals surface area contributed by atoms with Crippen LogP contribution in [0.2, 0.25) is 0 Å². The summed E-state index contributed by atoms with van der Waals surface area (Å²) in [7, 11) is 1.72. The van der Waals surface area contributed by atoms with E-state index in [0.717, 1.165) is 25.2 Å². The van der Waals surface area contributed by atoms with Crippen molar-refractivity contribution in [2.75, 3.05) is 20.3 Å². The predicted molar refractivity (Wildman–Crippen MR) is 65.6 cm³/mol. The molecule has 1 heterocycles. The molecule has 1 aliphatic heterocycles. The first kappa shape index (κ1) is 11.2. The molecule has 0 atom stereocenters. The van der Waals surface area contributed by atoms with E-state index >= 15 is 0 Å². The molecule has 16 heavy (non-hydrogen) atoms. The number of ether oxygens (including phenoxy) is 2. The van der Waals surface area contributed by atoms with Crippen molar-refractivity contribution in [2.45, 2.75) is 19.8 Å². The average molecular weight is 218 g/mol. The van der Waals surface area contributed by atoms with E-state index in [1.54, 1.807) is 7.11 Å². The number of para-hydroxylation sites is 1. The van der Waals surface area contributed by atoms with E-state index < -0.39 is 0 Å². The van der Waals surface area contributed by atoms with Crippen LogP contribution in [-0.4, -0.2) is 20.3 Å². The second-order valence-corrected chi connectivity index (χ2v) is 3.94. The third-order valence-corrected chi connectivity index (χ3v) is 3.08. The van der Waals surface area contributed by atoms with Crippen LogP contribution >= 0.6 is 0 Å². The minimum Gasteiger partial charge on any atom is -0.496 e. The SMILES string of the molecule is CCC1=C(c2ccccc2OC)COCC1. The maximum absolute atomic E-state index is 5.55. The van der Waals surface area contributed by atoms with E-state index in [0.29, 0.717) is 6.61 Å². The van der Waals surface area contributed by atoms with Gasteiger partial charge in [-0.2, -0.15) is 0 Å². The molecule has 0 amide bonds. The van der Waals surface area contributed by atoms with Gasteiger partial charge >= 0.3 is 0 Å². The zero-order chi connectivity index (χ0) is 11.4. The van der Waals surface area contributed by atoms with Crippen LogP contribution in [0.3, 0.4) is 0 Å². The van der Waals surface area contributed by atoms with Crippen LogP contribution in [0.25, 0.3) is 5.57 Å². The normalized spacial score (nSPS) is 16.4. The lowest BCUT2D eigenvalue weighted by Gasteiger charge is -2.21. The molecule has 0 spiro atoms. The Hall–Kier alpha value is -1.28. The summed E-state index contributed by atoms with van der Waals surface area (Å²) in [6.45, 7) is 3.77. The first-order valence-corrected chi connectivity index (χ1v) is 5.78. The highest BCUT2D eigenvalue weighted by atomic mass is 16.5. The average Bonchev–Trinajstić information content (AvgIpc) is 2.38. The van der Waals surface area contributed by atoms with Crippen LogP contribution in [0.5, 0.6) is 5.75 Å². The van der Waals surface area contributed by atoms with Crippen molar-refractivity contribution in [3.05, 3.63) is 35.4 Å². The summed E-state index contributed by atoms with van der Waals surface area (Å²) in [5.74, 6) is 0.939. The van der Waals surface area contributed by atoms with Crippen molar-refractivity contribution in [1.82, 2.24) is 0 Å². The maximum atomic E-state index is 5.55. The Kier molecular flexibility index (Phi) is 3.62. The van der Waals surface area contributed by atoms with E-state index in [9.17, 15) is 0 Å². The second-order valence-electron chi connectivity index (χ2n) is 3.94. The zero-order valence-electron chi connectivity index (χ0n) is 9.95. The quantitative estimate of drug-likeness (QED) is 0.775. The lowest BCUT2D eigenvalue weighted by atomic mass is 9.94. The van der Waals surface area contributed by atoms with Crippen molar-refractivity contribution in [3.8, 4) is 5.75 Å². The maximum Gasteiger partial charge on any atom is 0.126 e. The first-order chi connectivity index (χ1) is 7.86. The van der Waals surface area contributed by atoms with Gasteiger partial charge in [-0.05, 0) is 24.5 Å². The van der Waals surface area contributed by atoms with Crippen LogP contribution in [0.1, 0.15) is 25.3 Å². The van der Waals surface area contributed by atoms with Gasteiger partial charge < -0.3 is 9.47 Å². The number of methoxy groups -OCH3 is 1. The van der Waals surface area contributed by atoms with Gasteiger partial charge in [0, 0.05) is 5.56 Å². The Morgan fingerprint density at radius 2 is 2.12 bits per heavy atom. The van der Waals surface area contributed by atoms with Crippen molar-refractivity contribution in [3.63, 3.8) is 0 Å². The van der Waals surface area contributed by atoms with Crippen LogP contribution in [0, 0.1) is 0 Å². The third-order valence-electron chi connectivity index (χ3n) is 3.08. The van der Waals surface area contributed by atoms with Crippen LogP contribution in [0.15, 0.2) is 29.8 Å². The van der Waals surface area contributed by atoms with Crippen LogP contribution in [-0.2, 0) is 4.74 Å². The molecule has 1 aromatic rings. The molecule has 0 unspecified atom stereocenters. The molecular weight excluding hydrogens is 200 g/mol. The Morgan fingerprint density at radius 1 is 1.31 bits per heavy atom. The number of hydrogen-bond acceptors (Lipinski definition) is 2. The Morgan fingerprint density at radius 3 is 2.88 bits per heavy atom. The highest BCUT2D eigenvalue weighted by Crippen LogP contribution is 2.32. The summed E-state index contributed by atoms with van der Waals surface area (Å²) in [6, 6.07) is 8.16. The molecule has 86 valence electrons. The zero-order valence-corrected chi connectivity index (χ0v) is 9.95. The van der Waals surface area contributed by atoms with Crippen molar-refractivity contribution in [1.29, 1.82) is 0 Å². The van der Waals surface area contributed by atoms with Gasteiger partial charge in [0.1, 0.15) is 5.75 Å². The van der Waals surface area contributed by atoms with Gasteiger partial charge in [-0.3, -0.25) is 0 Å². The van der Waals surface area contributed by atoms with Gasteiger partial charge in [0.2, 0.25) is 0 Å². The highest BCUT2D eigenvalue weighted by molar-refractivity contribution is 5.74. The van der Waals surface area contributed by atoms with E-state index in [-0.39, 0.29) is 0 Å². The number of rotatable bonds is 3. The largest absolute Gasteiger partial charge is 0.496 e. The molecule has 0 aliphatic carbocycles. The second kappa shape index (κ2) is 5.17. The molecule has 0 N–H and O–H groups in total. The summed E-state index contributed by atoms with van der Waals surface area (Å²) >= 11 is 0. The molecular formula is C14H18O2. The molecule has 1 aromatic carbocycles. The minimum absolute atomic E-state index is 0.712. The van der Waals surface area contributed by atoms with Gasteiger partial charge in [-0.1, -0.05) is 30.7 Å². The fourth-order valence-corrected chi connectivity index (χ4v) is 2.17. The fraction of sp³-hybridized carbons (Fsp3) is 0.429. The first-order valence-electron chi connectivity index (χ1n) is 5.78. The number of hydrogen-bond donors (Lipinski definition) is 0. The topological polar surface area (TPSA) is 18.5 Å². The molecule has 0 aromatic heterocycles. The summed E-state index contributed by atoms with van der Waals surface area (Å²) in [6.07, 6.45) is 2.14. The smallest absolute Gasteiger partial charge is 0.126 e. The predicted octanol–water partition coefficient (Wildman–Crippen LogP) is 3.28.